The minimum absolute atomic E-state index is 0.00378. The standard InChI is InChI=1S/C30H43NO4S.C2H6.C2H2.CH4O/c1-7-9-23-16-20(3)11-8-10-19(2)12-14-25(22-13-15-26-24(17-22)31-21(4)36-26)35-28(33)18-27(32)30(5,6)29(23)34;3*1-2/h7,13,15,17,19-20,23,25,27,32H,1,8-12,14,16,18H2,2-6H3;1-2H3;1-2H;2H,1H3/t19-,20-,23+,25-,27-;;;/m0.../s1. The Morgan fingerprint density at radius 3 is 2.33 bits per heavy atom. The number of fused-ring (bicyclic) bond motifs is 1. The highest BCUT2D eigenvalue weighted by molar-refractivity contribution is 7.18. The number of terminal acetylenes is 1. The first-order valence-corrected chi connectivity index (χ1v) is 16.0. The van der Waals surface area contributed by atoms with E-state index < -0.39 is 23.6 Å². The van der Waals surface area contributed by atoms with Crippen molar-refractivity contribution in [2.45, 2.75) is 112 Å². The molecule has 0 radical (unpaired) electrons. The van der Waals surface area contributed by atoms with E-state index in [1.165, 1.54) is 0 Å². The van der Waals surface area contributed by atoms with Crippen molar-refractivity contribution < 1.29 is 24.5 Å². The number of ketones is 1. The van der Waals surface area contributed by atoms with Gasteiger partial charge in [0.1, 0.15) is 11.9 Å². The van der Waals surface area contributed by atoms with Crippen molar-refractivity contribution in [2.24, 2.45) is 23.2 Å². The van der Waals surface area contributed by atoms with Crippen molar-refractivity contribution in [3.63, 3.8) is 0 Å². The number of ether oxygens (including phenoxy) is 1. The second-order valence-electron chi connectivity index (χ2n) is 11.4. The second-order valence-corrected chi connectivity index (χ2v) is 12.7. The number of carbonyl (C=O) groups excluding carboxylic acids is 2. The van der Waals surface area contributed by atoms with Crippen molar-refractivity contribution in [3.05, 3.63) is 41.4 Å². The number of rotatable bonds is 3. The monoisotopic (exact) mass is 601 g/mol. The van der Waals surface area contributed by atoms with E-state index >= 15 is 0 Å². The number of thiazole rings is 1. The fraction of sp³-hybridized carbons (Fsp3) is 0.629. The van der Waals surface area contributed by atoms with Crippen LogP contribution in [0, 0.1) is 42.9 Å². The molecule has 0 unspecified atom stereocenters. The Morgan fingerprint density at radius 2 is 1.71 bits per heavy atom. The predicted molar refractivity (Wildman–Crippen MR) is 176 cm³/mol. The number of esters is 1. The summed E-state index contributed by atoms with van der Waals surface area (Å²) in [7, 11) is 1.00. The number of hydrogen-bond donors (Lipinski definition) is 2. The maximum atomic E-state index is 13.5. The van der Waals surface area contributed by atoms with Crippen molar-refractivity contribution in [1.29, 1.82) is 0 Å². The molecule has 2 N–H and O–H groups in total. The molecular weight excluding hydrogens is 546 g/mol. The van der Waals surface area contributed by atoms with E-state index in [-0.39, 0.29) is 18.1 Å². The van der Waals surface area contributed by atoms with Crippen LogP contribution >= 0.6 is 11.3 Å². The van der Waals surface area contributed by atoms with Crippen LogP contribution < -0.4 is 0 Å². The predicted octanol–water partition coefficient (Wildman–Crippen LogP) is 8.24. The molecule has 1 aromatic heterocycles. The van der Waals surface area contributed by atoms with Gasteiger partial charge in [0, 0.05) is 13.0 Å². The van der Waals surface area contributed by atoms with Gasteiger partial charge in [0.25, 0.3) is 0 Å². The number of Topliss-reactive ketones (excluding diaryl/α,β-unsaturated/α-hetero) is 1. The third kappa shape index (κ3) is 12.0. The molecule has 0 aliphatic carbocycles. The number of hydrogen-bond acceptors (Lipinski definition) is 7. The molecule has 236 valence electrons. The van der Waals surface area contributed by atoms with E-state index in [1.807, 2.05) is 39.0 Å². The highest BCUT2D eigenvalue weighted by Crippen LogP contribution is 2.35. The highest BCUT2D eigenvalue weighted by Gasteiger charge is 2.41. The van der Waals surface area contributed by atoms with Crippen LogP contribution in [0.1, 0.15) is 110 Å². The Kier molecular flexibility index (Phi) is 19.2. The van der Waals surface area contributed by atoms with Gasteiger partial charge in [-0.05, 0) is 62.1 Å². The number of aliphatic hydroxyl groups is 2. The second kappa shape index (κ2) is 20.4. The summed E-state index contributed by atoms with van der Waals surface area (Å²) < 4.78 is 7.09. The maximum Gasteiger partial charge on any atom is 0.309 e. The summed E-state index contributed by atoms with van der Waals surface area (Å²) in [5.41, 5.74) is 0.795. The van der Waals surface area contributed by atoms with Crippen LogP contribution in [0.3, 0.4) is 0 Å². The first kappa shape index (κ1) is 39.5. The smallest absolute Gasteiger partial charge is 0.309 e. The van der Waals surface area contributed by atoms with E-state index in [1.54, 1.807) is 31.3 Å². The van der Waals surface area contributed by atoms with Crippen LogP contribution in [-0.2, 0) is 14.3 Å². The van der Waals surface area contributed by atoms with Crippen molar-refractivity contribution in [1.82, 2.24) is 4.98 Å². The molecular formula is C35H55NO5S. The van der Waals surface area contributed by atoms with Crippen LogP contribution in [0.5, 0.6) is 0 Å². The average Bonchev–Trinajstić information content (AvgIpc) is 3.36. The number of aromatic nitrogens is 1. The zero-order valence-corrected chi connectivity index (χ0v) is 28.0. The lowest BCUT2D eigenvalue weighted by Crippen LogP contribution is -2.42. The van der Waals surface area contributed by atoms with Crippen LogP contribution in [-0.4, -0.2) is 40.2 Å². The summed E-state index contributed by atoms with van der Waals surface area (Å²) in [4.78, 5) is 31.2. The highest BCUT2D eigenvalue weighted by atomic mass is 32.1. The summed E-state index contributed by atoms with van der Waals surface area (Å²) >= 11 is 1.65. The average molecular weight is 602 g/mol. The molecule has 0 bridgehead atoms. The van der Waals surface area contributed by atoms with Gasteiger partial charge in [0.2, 0.25) is 0 Å². The van der Waals surface area contributed by atoms with Gasteiger partial charge in [-0.3, -0.25) is 9.59 Å². The Morgan fingerprint density at radius 1 is 1.10 bits per heavy atom. The quantitative estimate of drug-likeness (QED) is 0.209. The Labute approximate surface area is 259 Å². The maximum absolute atomic E-state index is 13.5. The molecule has 3 rings (SSSR count). The lowest BCUT2D eigenvalue weighted by molar-refractivity contribution is -0.156. The van der Waals surface area contributed by atoms with E-state index in [9.17, 15) is 14.7 Å². The first-order valence-electron chi connectivity index (χ1n) is 15.2. The van der Waals surface area contributed by atoms with Crippen LogP contribution in [0.15, 0.2) is 30.9 Å². The van der Waals surface area contributed by atoms with E-state index in [0.717, 1.165) is 66.4 Å². The third-order valence-corrected chi connectivity index (χ3v) is 8.77. The third-order valence-electron chi connectivity index (χ3n) is 7.82. The van der Waals surface area contributed by atoms with Gasteiger partial charge in [-0.25, -0.2) is 4.98 Å². The van der Waals surface area contributed by atoms with Gasteiger partial charge in [0.15, 0.2) is 0 Å². The molecule has 1 aliphatic rings. The zero-order chi connectivity index (χ0) is 32.5. The summed E-state index contributed by atoms with van der Waals surface area (Å²) in [6.45, 7) is 17.8. The number of aliphatic hydroxyl groups excluding tert-OH is 2. The molecule has 1 aromatic carbocycles. The van der Waals surface area contributed by atoms with Crippen LogP contribution in [0.4, 0.5) is 0 Å². The molecule has 0 amide bonds. The number of cyclic esters (lactones) is 1. The number of allylic oxidation sites excluding steroid dienone is 1. The molecule has 1 saturated heterocycles. The molecule has 0 saturated carbocycles. The van der Waals surface area contributed by atoms with Gasteiger partial charge >= 0.3 is 5.97 Å². The van der Waals surface area contributed by atoms with Gasteiger partial charge < -0.3 is 14.9 Å². The molecule has 1 fully saturated rings. The van der Waals surface area contributed by atoms with Gasteiger partial charge in [-0.15, -0.1) is 30.8 Å². The topological polar surface area (TPSA) is 96.7 Å². The Hall–Kier alpha value is -2.53. The number of carbonyl (C=O) groups is 2. The fourth-order valence-corrected chi connectivity index (χ4v) is 6.18. The Balaban J connectivity index is 0.00000263. The summed E-state index contributed by atoms with van der Waals surface area (Å²) in [5, 5.41) is 19.0. The van der Waals surface area contributed by atoms with Crippen molar-refractivity contribution in [2.75, 3.05) is 7.11 Å². The molecule has 2 heterocycles. The summed E-state index contributed by atoms with van der Waals surface area (Å²) in [6.07, 6.45) is 14.4. The first-order chi connectivity index (χ1) is 20.0. The summed E-state index contributed by atoms with van der Waals surface area (Å²) in [6, 6.07) is 6.08. The van der Waals surface area contributed by atoms with Crippen molar-refractivity contribution in [3.8, 4) is 12.8 Å². The molecule has 2 aromatic rings. The van der Waals surface area contributed by atoms with E-state index in [2.05, 4.69) is 38.3 Å². The molecule has 7 heteroatoms. The lowest BCUT2D eigenvalue weighted by atomic mass is 9.72. The van der Waals surface area contributed by atoms with E-state index in [4.69, 9.17) is 9.84 Å². The van der Waals surface area contributed by atoms with E-state index in [0.29, 0.717) is 18.3 Å². The minimum atomic E-state index is -1.11. The largest absolute Gasteiger partial charge is 0.457 e. The molecule has 6 nitrogen and oxygen atoms in total. The fourth-order valence-electron chi connectivity index (χ4n) is 5.37. The Bertz CT molecular complexity index is 1110. The normalized spacial score (nSPS) is 25.3. The summed E-state index contributed by atoms with van der Waals surface area (Å²) in [5.74, 6) is 0.237. The molecule has 42 heavy (non-hydrogen) atoms. The molecule has 1 aliphatic heterocycles. The number of aryl methyl sites for hydroxylation is 1. The van der Waals surface area contributed by atoms with Crippen molar-refractivity contribution >= 4 is 33.3 Å². The molecule has 5 atom stereocenters. The van der Waals surface area contributed by atoms with Crippen LogP contribution in [0.25, 0.3) is 10.2 Å². The SMILES string of the molecule is C#C.C=CC[C@@H]1C[C@@H](C)CCC[C@H](C)CC[C@@H](c2ccc3sc(C)nc3c2)OC(=O)C[C@H](O)C(C)(C)C1=O.CC.CO. The number of nitrogens with zero attached hydrogens (tertiary/aromatic N) is 1. The van der Waals surface area contributed by atoms with Gasteiger partial charge in [-0.1, -0.05) is 72.9 Å². The van der Waals surface area contributed by atoms with Gasteiger partial charge in [0.05, 0.1) is 33.2 Å². The molecule has 0 spiro atoms. The zero-order valence-electron chi connectivity index (χ0n) is 27.2. The minimum Gasteiger partial charge on any atom is -0.457 e. The number of benzene rings is 1. The van der Waals surface area contributed by atoms with Gasteiger partial charge in [-0.2, -0.15) is 0 Å². The lowest BCUT2D eigenvalue weighted by Gasteiger charge is -2.33. The van der Waals surface area contributed by atoms with Crippen LogP contribution in [0.2, 0.25) is 0 Å².